The number of pyridine rings is 1. The summed E-state index contributed by atoms with van der Waals surface area (Å²) >= 11 is 0. The summed E-state index contributed by atoms with van der Waals surface area (Å²) in [4.78, 5) is 17.2. The van der Waals surface area contributed by atoms with Gasteiger partial charge in [0, 0.05) is 31.0 Å². The Morgan fingerprint density at radius 2 is 1.78 bits per heavy atom. The van der Waals surface area contributed by atoms with Crippen LogP contribution in [0.1, 0.15) is 23.2 Å². The number of likely N-dealkylation sites (tertiary alicyclic amines) is 1. The molecule has 1 fully saturated rings. The summed E-state index contributed by atoms with van der Waals surface area (Å²) in [5, 5.41) is 0. The lowest BCUT2D eigenvalue weighted by Crippen LogP contribution is -2.42. The molecule has 0 radical (unpaired) electrons. The van der Waals surface area contributed by atoms with Gasteiger partial charge in [-0.15, -0.1) is 0 Å². The molecule has 0 aromatic carbocycles. The van der Waals surface area contributed by atoms with Gasteiger partial charge in [-0.1, -0.05) is 0 Å². The van der Waals surface area contributed by atoms with E-state index >= 15 is 0 Å². The highest BCUT2D eigenvalue weighted by atomic mass is 19.4. The molecule has 18 heavy (non-hydrogen) atoms. The highest BCUT2D eigenvalue weighted by Gasteiger charge is 2.41. The van der Waals surface area contributed by atoms with Crippen molar-refractivity contribution in [1.29, 1.82) is 0 Å². The summed E-state index contributed by atoms with van der Waals surface area (Å²) in [7, 11) is 0. The first-order valence-corrected chi connectivity index (χ1v) is 5.74. The zero-order valence-electron chi connectivity index (χ0n) is 9.65. The van der Waals surface area contributed by atoms with Crippen molar-refractivity contribution >= 4 is 5.91 Å². The van der Waals surface area contributed by atoms with Crippen LogP contribution in [0.15, 0.2) is 24.5 Å². The standard InChI is InChI=1S/C12H13F3N2O/c13-12(14,15)10-3-7-17(8-4-10)11(18)9-1-5-16-6-2-9/h1-2,5-6,10H,3-4,7-8H2. The van der Waals surface area contributed by atoms with Crippen LogP contribution in [0.4, 0.5) is 13.2 Å². The van der Waals surface area contributed by atoms with Crippen LogP contribution >= 0.6 is 0 Å². The number of amides is 1. The van der Waals surface area contributed by atoms with Crippen molar-refractivity contribution in [1.82, 2.24) is 9.88 Å². The number of carbonyl (C=O) groups is 1. The lowest BCUT2D eigenvalue weighted by molar-refractivity contribution is -0.183. The summed E-state index contributed by atoms with van der Waals surface area (Å²) in [6, 6.07) is 3.14. The molecule has 0 saturated carbocycles. The number of halogens is 3. The first-order chi connectivity index (χ1) is 8.48. The highest BCUT2D eigenvalue weighted by molar-refractivity contribution is 5.94. The number of hydrogen-bond donors (Lipinski definition) is 0. The molecule has 1 saturated heterocycles. The average molecular weight is 258 g/mol. The zero-order chi connectivity index (χ0) is 13.2. The van der Waals surface area contributed by atoms with Gasteiger partial charge in [-0.25, -0.2) is 0 Å². The first kappa shape index (κ1) is 12.9. The summed E-state index contributed by atoms with van der Waals surface area (Å²) in [6.45, 7) is 0.316. The third-order valence-electron chi connectivity index (χ3n) is 3.17. The molecule has 0 bridgehead atoms. The molecule has 0 N–H and O–H groups in total. The molecule has 3 nitrogen and oxygen atoms in total. The van der Waals surface area contributed by atoms with E-state index in [0.717, 1.165) is 0 Å². The molecule has 0 atom stereocenters. The van der Waals surface area contributed by atoms with Gasteiger partial charge in [0.25, 0.3) is 5.91 Å². The van der Waals surface area contributed by atoms with Gasteiger partial charge in [-0.3, -0.25) is 9.78 Å². The molecular formula is C12H13F3N2O. The molecule has 1 aliphatic heterocycles. The topological polar surface area (TPSA) is 33.2 Å². The molecule has 98 valence electrons. The predicted molar refractivity (Wildman–Crippen MR) is 58.9 cm³/mol. The molecule has 0 unspecified atom stereocenters. The Kier molecular flexibility index (Phi) is 3.54. The Hall–Kier alpha value is -1.59. The summed E-state index contributed by atoms with van der Waals surface area (Å²) in [6.07, 6.45) is -1.18. The fourth-order valence-corrected chi connectivity index (χ4v) is 2.09. The minimum absolute atomic E-state index is 0.0136. The Morgan fingerprint density at radius 3 is 2.28 bits per heavy atom. The third kappa shape index (κ3) is 2.80. The van der Waals surface area contributed by atoms with Crippen molar-refractivity contribution in [3.63, 3.8) is 0 Å². The van der Waals surface area contributed by atoms with Crippen molar-refractivity contribution in [2.45, 2.75) is 19.0 Å². The van der Waals surface area contributed by atoms with E-state index in [-0.39, 0.29) is 31.8 Å². The van der Waals surface area contributed by atoms with Crippen molar-refractivity contribution < 1.29 is 18.0 Å². The van der Waals surface area contributed by atoms with E-state index in [1.807, 2.05) is 0 Å². The maximum atomic E-state index is 12.5. The molecule has 0 spiro atoms. The molecule has 6 heteroatoms. The highest BCUT2D eigenvalue weighted by Crippen LogP contribution is 2.34. The second-order valence-corrected chi connectivity index (χ2v) is 4.34. The first-order valence-electron chi connectivity index (χ1n) is 5.74. The van der Waals surface area contributed by atoms with E-state index in [4.69, 9.17) is 0 Å². The van der Waals surface area contributed by atoms with Gasteiger partial charge in [0.05, 0.1) is 5.92 Å². The third-order valence-corrected chi connectivity index (χ3v) is 3.17. The lowest BCUT2D eigenvalue weighted by Gasteiger charge is -2.32. The Balaban J connectivity index is 1.96. The number of carbonyl (C=O) groups excluding carboxylic acids is 1. The van der Waals surface area contributed by atoms with Gasteiger partial charge in [-0.2, -0.15) is 13.2 Å². The average Bonchev–Trinajstić information content (AvgIpc) is 2.38. The number of alkyl halides is 3. The predicted octanol–water partition coefficient (Wildman–Crippen LogP) is 2.50. The number of nitrogens with zero attached hydrogens (tertiary/aromatic N) is 2. The quantitative estimate of drug-likeness (QED) is 0.775. The largest absolute Gasteiger partial charge is 0.391 e. The monoisotopic (exact) mass is 258 g/mol. The second kappa shape index (κ2) is 4.96. The van der Waals surface area contributed by atoms with Gasteiger partial charge < -0.3 is 4.90 Å². The van der Waals surface area contributed by atoms with E-state index in [1.54, 1.807) is 12.1 Å². The van der Waals surface area contributed by atoms with Crippen LogP contribution in [0, 0.1) is 5.92 Å². The Labute approximate surface area is 103 Å². The molecular weight excluding hydrogens is 245 g/mol. The Morgan fingerprint density at radius 1 is 1.22 bits per heavy atom. The summed E-state index contributed by atoms with van der Waals surface area (Å²) < 4.78 is 37.4. The van der Waals surface area contributed by atoms with Crippen molar-refractivity contribution in [2.24, 2.45) is 5.92 Å². The van der Waals surface area contributed by atoms with Gasteiger partial charge >= 0.3 is 6.18 Å². The summed E-state index contributed by atoms with van der Waals surface area (Å²) in [5.41, 5.74) is 0.468. The van der Waals surface area contributed by atoms with Crippen LogP contribution in [0.2, 0.25) is 0 Å². The van der Waals surface area contributed by atoms with Gasteiger partial charge in [-0.05, 0) is 25.0 Å². The molecule has 1 amide bonds. The number of aromatic nitrogens is 1. The normalized spacial score (nSPS) is 17.8. The van der Waals surface area contributed by atoms with Gasteiger partial charge in [0.1, 0.15) is 0 Å². The van der Waals surface area contributed by atoms with Crippen LogP contribution < -0.4 is 0 Å². The SMILES string of the molecule is O=C(c1ccncc1)N1CCC(C(F)(F)F)CC1. The van der Waals surface area contributed by atoms with Crippen LogP contribution in [0.3, 0.4) is 0 Å². The van der Waals surface area contributed by atoms with E-state index in [0.29, 0.717) is 5.56 Å². The van der Waals surface area contributed by atoms with E-state index < -0.39 is 12.1 Å². The number of rotatable bonds is 1. The Bertz CT molecular complexity index is 411. The minimum Gasteiger partial charge on any atom is -0.339 e. The maximum Gasteiger partial charge on any atom is 0.391 e. The van der Waals surface area contributed by atoms with Crippen LogP contribution in [-0.4, -0.2) is 35.1 Å². The lowest BCUT2D eigenvalue weighted by atomic mass is 9.96. The zero-order valence-corrected chi connectivity index (χ0v) is 9.65. The second-order valence-electron chi connectivity index (χ2n) is 4.34. The fraction of sp³-hybridized carbons (Fsp3) is 0.500. The van der Waals surface area contributed by atoms with Crippen LogP contribution in [0.25, 0.3) is 0 Å². The minimum atomic E-state index is -4.15. The smallest absolute Gasteiger partial charge is 0.339 e. The van der Waals surface area contributed by atoms with Gasteiger partial charge in [0.15, 0.2) is 0 Å². The summed E-state index contributed by atoms with van der Waals surface area (Å²) in [5.74, 6) is -1.50. The van der Waals surface area contributed by atoms with Crippen molar-refractivity contribution in [2.75, 3.05) is 13.1 Å². The molecule has 1 aromatic heterocycles. The van der Waals surface area contributed by atoms with Crippen LogP contribution in [0.5, 0.6) is 0 Å². The van der Waals surface area contributed by atoms with Crippen molar-refractivity contribution in [3.05, 3.63) is 30.1 Å². The van der Waals surface area contributed by atoms with E-state index in [9.17, 15) is 18.0 Å². The molecule has 2 rings (SSSR count). The fourth-order valence-electron chi connectivity index (χ4n) is 2.09. The maximum absolute atomic E-state index is 12.5. The van der Waals surface area contributed by atoms with Gasteiger partial charge in [0.2, 0.25) is 0 Å². The van der Waals surface area contributed by atoms with E-state index in [2.05, 4.69) is 4.98 Å². The van der Waals surface area contributed by atoms with Crippen LogP contribution in [-0.2, 0) is 0 Å². The number of hydrogen-bond acceptors (Lipinski definition) is 2. The molecule has 2 heterocycles. The molecule has 1 aliphatic rings. The van der Waals surface area contributed by atoms with E-state index in [1.165, 1.54) is 17.3 Å². The number of piperidine rings is 1. The van der Waals surface area contributed by atoms with Crippen molar-refractivity contribution in [3.8, 4) is 0 Å². The molecule has 1 aromatic rings. The molecule has 0 aliphatic carbocycles.